The summed E-state index contributed by atoms with van der Waals surface area (Å²) >= 11 is 0. The molecule has 0 radical (unpaired) electrons. The Labute approximate surface area is 191 Å². The number of para-hydroxylation sites is 1. The van der Waals surface area contributed by atoms with Gasteiger partial charge in [-0.2, -0.15) is 0 Å². The monoisotopic (exact) mass is 446 g/mol. The highest BCUT2D eigenvalue weighted by Gasteiger charge is 2.19. The van der Waals surface area contributed by atoms with Crippen molar-refractivity contribution in [2.24, 2.45) is 0 Å². The third-order valence-corrected chi connectivity index (χ3v) is 6.05. The lowest BCUT2D eigenvalue weighted by Crippen LogP contribution is -2.22. The predicted molar refractivity (Wildman–Crippen MR) is 125 cm³/mol. The fourth-order valence-electron chi connectivity index (χ4n) is 4.35. The molecule has 2 aromatic carbocycles. The van der Waals surface area contributed by atoms with Crippen LogP contribution in [0, 0.1) is 0 Å². The van der Waals surface area contributed by atoms with Gasteiger partial charge in [0.2, 0.25) is 0 Å². The minimum absolute atomic E-state index is 0.214. The lowest BCUT2D eigenvalue weighted by molar-refractivity contribution is 0.201. The van der Waals surface area contributed by atoms with Crippen LogP contribution < -0.4 is 19.9 Å². The highest BCUT2D eigenvalue weighted by molar-refractivity contribution is 5.83. The van der Waals surface area contributed by atoms with Crippen molar-refractivity contribution in [3.63, 3.8) is 0 Å². The van der Waals surface area contributed by atoms with Gasteiger partial charge in [0.1, 0.15) is 5.76 Å². The van der Waals surface area contributed by atoms with Gasteiger partial charge in [-0.1, -0.05) is 18.2 Å². The largest absolute Gasteiger partial charge is 0.493 e. The van der Waals surface area contributed by atoms with Crippen molar-refractivity contribution in [2.45, 2.75) is 38.3 Å². The number of furan rings is 1. The molecular formula is C26H26N2O5. The summed E-state index contributed by atoms with van der Waals surface area (Å²) in [6.45, 7) is 0.263. The van der Waals surface area contributed by atoms with E-state index in [2.05, 4.69) is 4.98 Å². The molecule has 0 N–H and O–H groups in total. The molecule has 7 heteroatoms. The van der Waals surface area contributed by atoms with E-state index in [1.165, 1.54) is 12.8 Å². The summed E-state index contributed by atoms with van der Waals surface area (Å²) in [6, 6.07) is 13.4. The van der Waals surface area contributed by atoms with Gasteiger partial charge in [-0.15, -0.1) is 0 Å². The summed E-state index contributed by atoms with van der Waals surface area (Å²) in [5.74, 6) is 2.72. The molecule has 1 saturated carbocycles. The Hall–Kier alpha value is -3.74. The Morgan fingerprint density at radius 3 is 2.61 bits per heavy atom. The fourth-order valence-corrected chi connectivity index (χ4v) is 4.35. The van der Waals surface area contributed by atoms with Gasteiger partial charge in [0.25, 0.3) is 0 Å². The molecule has 0 spiro atoms. The van der Waals surface area contributed by atoms with Crippen molar-refractivity contribution >= 4 is 11.0 Å². The Bertz CT molecular complexity index is 1330. The molecule has 4 aromatic rings. The minimum atomic E-state index is -0.345. The van der Waals surface area contributed by atoms with Crippen molar-refractivity contribution in [1.82, 2.24) is 9.55 Å². The molecule has 1 aliphatic rings. The van der Waals surface area contributed by atoms with Crippen LogP contribution in [0.1, 0.15) is 31.4 Å². The van der Waals surface area contributed by atoms with E-state index < -0.39 is 0 Å². The van der Waals surface area contributed by atoms with Crippen LogP contribution in [0.5, 0.6) is 17.2 Å². The number of aromatic nitrogens is 2. The van der Waals surface area contributed by atoms with E-state index in [1.54, 1.807) is 31.2 Å². The molecule has 0 aliphatic heterocycles. The third-order valence-electron chi connectivity index (χ3n) is 6.05. The SMILES string of the molecule is COc1ccc(-c2cnc(=O)n(Cc3cc4cccc(OC)c4o3)c2)cc1OC1CCCC1. The Morgan fingerprint density at radius 1 is 1.00 bits per heavy atom. The van der Waals surface area contributed by atoms with Crippen LogP contribution in [-0.4, -0.2) is 29.9 Å². The lowest BCUT2D eigenvalue weighted by Gasteiger charge is -2.17. The number of hydrogen-bond donors (Lipinski definition) is 0. The molecule has 0 unspecified atom stereocenters. The number of rotatable bonds is 7. The van der Waals surface area contributed by atoms with Crippen LogP contribution in [0.4, 0.5) is 0 Å². The van der Waals surface area contributed by atoms with Crippen molar-refractivity contribution in [1.29, 1.82) is 0 Å². The molecule has 1 aliphatic carbocycles. The summed E-state index contributed by atoms with van der Waals surface area (Å²) in [6.07, 6.45) is 8.09. The van der Waals surface area contributed by atoms with Gasteiger partial charge in [-0.3, -0.25) is 4.57 Å². The first-order valence-corrected chi connectivity index (χ1v) is 11.1. The second kappa shape index (κ2) is 9.02. The number of nitrogens with zero attached hydrogens (tertiary/aromatic N) is 2. The first-order chi connectivity index (χ1) is 16.1. The van der Waals surface area contributed by atoms with E-state index in [9.17, 15) is 4.79 Å². The standard InChI is InChI=1S/C26H26N2O5/c1-30-22-11-10-17(13-24(22)32-20-7-3-4-8-20)19-14-27-26(29)28(15-19)16-21-12-18-6-5-9-23(31-2)25(18)33-21/h5-6,9-15,20H,3-4,7-8,16H2,1-2H3. The molecular weight excluding hydrogens is 420 g/mol. The van der Waals surface area contributed by atoms with Crippen LogP contribution >= 0.6 is 0 Å². The van der Waals surface area contributed by atoms with Gasteiger partial charge in [-0.25, -0.2) is 9.78 Å². The number of hydrogen-bond acceptors (Lipinski definition) is 6. The minimum Gasteiger partial charge on any atom is -0.493 e. The molecule has 0 atom stereocenters. The molecule has 7 nitrogen and oxygen atoms in total. The molecule has 2 heterocycles. The summed E-state index contributed by atoms with van der Waals surface area (Å²) in [5, 5.41) is 0.922. The average molecular weight is 447 g/mol. The molecule has 170 valence electrons. The maximum atomic E-state index is 12.5. The van der Waals surface area contributed by atoms with E-state index in [-0.39, 0.29) is 18.3 Å². The number of benzene rings is 2. The van der Waals surface area contributed by atoms with Gasteiger partial charge in [0.05, 0.1) is 26.9 Å². The average Bonchev–Trinajstić information content (AvgIpc) is 3.49. The Morgan fingerprint density at radius 2 is 1.82 bits per heavy atom. The predicted octanol–water partition coefficient (Wildman–Crippen LogP) is 5.04. The van der Waals surface area contributed by atoms with E-state index in [0.717, 1.165) is 29.4 Å². The molecule has 2 aromatic heterocycles. The summed E-state index contributed by atoms with van der Waals surface area (Å²) in [7, 11) is 3.25. The maximum Gasteiger partial charge on any atom is 0.347 e. The second-order valence-electron chi connectivity index (χ2n) is 8.23. The van der Waals surface area contributed by atoms with Gasteiger partial charge < -0.3 is 18.6 Å². The van der Waals surface area contributed by atoms with E-state index in [4.69, 9.17) is 18.6 Å². The molecule has 5 rings (SSSR count). The number of fused-ring (bicyclic) bond motifs is 1. The van der Waals surface area contributed by atoms with Crippen molar-refractivity contribution in [2.75, 3.05) is 14.2 Å². The third kappa shape index (κ3) is 4.31. The topological polar surface area (TPSA) is 75.7 Å². The van der Waals surface area contributed by atoms with Crippen LogP contribution in [-0.2, 0) is 6.54 Å². The Balaban J connectivity index is 1.46. The first kappa shape index (κ1) is 21.1. The number of methoxy groups -OCH3 is 2. The molecule has 33 heavy (non-hydrogen) atoms. The summed E-state index contributed by atoms with van der Waals surface area (Å²) in [5.41, 5.74) is 2.02. The zero-order valence-electron chi connectivity index (χ0n) is 18.7. The highest BCUT2D eigenvalue weighted by Crippen LogP contribution is 2.35. The first-order valence-electron chi connectivity index (χ1n) is 11.1. The molecule has 0 bridgehead atoms. The van der Waals surface area contributed by atoms with Crippen molar-refractivity contribution < 1.29 is 18.6 Å². The van der Waals surface area contributed by atoms with Gasteiger partial charge in [-0.05, 0) is 55.5 Å². The molecule has 0 saturated heterocycles. The highest BCUT2D eigenvalue weighted by atomic mass is 16.5. The maximum absolute atomic E-state index is 12.5. The Kier molecular flexibility index (Phi) is 5.77. The van der Waals surface area contributed by atoms with Gasteiger partial charge in [0.15, 0.2) is 22.8 Å². The quantitative estimate of drug-likeness (QED) is 0.396. The number of ether oxygens (including phenoxy) is 3. The van der Waals surface area contributed by atoms with Crippen molar-refractivity contribution in [3.05, 3.63) is 71.1 Å². The van der Waals surface area contributed by atoms with E-state index in [0.29, 0.717) is 28.6 Å². The van der Waals surface area contributed by atoms with E-state index in [1.807, 2.05) is 42.5 Å². The van der Waals surface area contributed by atoms with Gasteiger partial charge >= 0.3 is 5.69 Å². The fraction of sp³-hybridized carbons (Fsp3) is 0.308. The summed E-state index contributed by atoms with van der Waals surface area (Å²) in [4.78, 5) is 16.6. The van der Waals surface area contributed by atoms with E-state index >= 15 is 0 Å². The van der Waals surface area contributed by atoms with Crippen molar-refractivity contribution in [3.8, 4) is 28.4 Å². The second-order valence-corrected chi connectivity index (χ2v) is 8.23. The van der Waals surface area contributed by atoms with Crippen LogP contribution in [0.2, 0.25) is 0 Å². The zero-order chi connectivity index (χ0) is 22.8. The van der Waals surface area contributed by atoms with Gasteiger partial charge in [0, 0.05) is 23.3 Å². The van der Waals surface area contributed by atoms with Crippen LogP contribution in [0.15, 0.2) is 64.1 Å². The zero-order valence-corrected chi connectivity index (χ0v) is 18.7. The molecule has 0 amide bonds. The smallest absolute Gasteiger partial charge is 0.347 e. The van der Waals surface area contributed by atoms with Crippen LogP contribution in [0.25, 0.3) is 22.1 Å². The lowest BCUT2D eigenvalue weighted by atomic mass is 10.1. The molecule has 1 fully saturated rings. The summed E-state index contributed by atoms with van der Waals surface area (Å²) < 4.78 is 24.6. The van der Waals surface area contributed by atoms with Crippen LogP contribution in [0.3, 0.4) is 0 Å². The normalized spacial score (nSPS) is 14.0.